The van der Waals surface area contributed by atoms with Crippen LogP contribution >= 0.6 is 11.8 Å². The Hall–Kier alpha value is -2.57. The van der Waals surface area contributed by atoms with Crippen LogP contribution in [0.3, 0.4) is 0 Å². The van der Waals surface area contributed by atoms with Gasteiger partial charge in [0.15, 0.2) is 6.54 Å². The maximum atomic E-state index is 12.5. The van der Waals surface area contributed by atoms with E-state index >= 15 is 0 Å². The van der Waals surface area contributed by atoms with Crippen molar-refractivity contribution < 1.29 is 14.5 Å². The predicted molar refractivity (Wildman–Crippen MR) is 124 cm³/mol. The minimum Gasteiger partial charge on any atom is -0.328 e. The number of hydrogen-bond acceptors (Lipinski definition) is 3. The first-order chi connectivity index (χ1) is 14.6. The first kappa shape index (κ1) is 22.1. The number of anilines is 1. The normalized spacial score (nSPS) is 14.8. The van der Waals surface area contributed by atoms with Crippen molar-refractivity contribution in [3.63, 3.8) is 0 Å². The number of thioether (sulfide) groups is 1. The highest BCUT2D eigenvalue weighted by Crippen LogP contribution is 2.16. The molecule has 158 valence electrons. The van der Waals surface area contributed by atoms with Crippen LogP contribution in [0.15, 0.2) is 59.5 Å². The topological polar surface area (TPSA) is 53.9 Å². The van der Waals surface area contributed by atoms with Gasteiger partial charge in [-0.1, -0.05) is 37.3 Å². The summed E-state index contributed by atoms with van der Waals surface area (Å²) in [5, 5.41) is 3.04. The van der Waals surface area contributed by atoms with Crippen LogP contribution in [0.2, 0.25) is 0 Å². The Balaban J connectivity index is 1.45. The molecule has 2 amide bonds. The molecule has 3 rings (SSSR count). The maximum absolute atomic E-state index is 12.5. The Morgan fingerprint density at radius 3 is 2.47 bits per heavy atom. The SMILES string of the molecule is CCc1ccccc1NC(=O)C[NH+]1CCN(C(=O)/C=C/c2ccc(SC)cc2)CC1. The van der Waals surface area contributed by atoms with Gasteiger partial charge in [0, 0.05) is 16.7 Å². The summed E-state index contributed by atoms with van der Waals surface area (Å²) in [5.74, 6) is 0.0589. The fourth-order valence-corrected chi connectivity index (χ4v) is 3.99. The maximum Gasteiger partial charge on any atom is 0.279 e. The Morgan fingerprint density at radius 2 is 1.80 bits per heavy atom. The lowest BCUT2D eigenvalue weighted by Crippen LogP contribution is -3.15. The number of rotatable bonds is 7. The van der Waals surface area contributed by atoms with E-state index in [1.807, 2.05) is 53.6 Å². The summed E-state index contributed by atoms with van der Waals surface area (Å²) in [7, 11) is 0. The quantitative estimate of drug-likeness (QED) is 0.530. The van der Waals surface area contributed by atoms with Gasteiger partial charge >= 0.3 is 0 Å². The van der Waals surface area contributed by atoms with E-state index in [0.717, 1.165) is 36.3 Å². The number of quaternary nitrogens is 1. The van der Waals surface area contributed by atoms with E-state index < -0.39 is 0 Å². The van der Waals surface area contributed by atoms with Gasteiger partial charge < -0.3 is 15.1 Å². The van der Waals surface area contributed by atoms with Crippen molar-refractivity contribution in [3.8, 4) is 0 Å². The Bertz CT molecular complexity index is 888. The average Bonchev–Trinajstić information content (AvgIpc) is 2.78. The Morgan fingerprint density at radius 1 is 1.10 bits per heavy atom. The van der Waals surface area contributed by atoms with Gasteiger partial charge in [0.2, 0.25) is 5.91 Å². The molecule has 2 aromatic carbocycles. The minimum atomic E-state index is 0.0271. The third-order valence-corrected chi connectivity index (χ3v) is 6.14. The van der Waals surface area contributed by atoms with Crippen molar-refractivity contribution in [2.24, 2.45) is 0 Å². The van der Waals surface area contributed by atoms with Crippen LogP contribution in [-0.4, -0.2) is 55.7 Å². The number of piperazine rings is 1. The van der Waals surface area contributed by atoms with Crippen molar-refractivity contribution in [2.45, 2.75) is 18.2 Å². The molecule has 0 atom stereocenters. The lowest BCUT2D eigenvalue weighted by atomic mass is 10.1. The predicted octanol–water partition coefficient (Wildman–Crippen LogP) is 2.35. The first-order valence-corrected chi connectivity index (χ1v) is 11.6. The molecule has 2 aromatic rings. The highest BCUT2D eigenvalue weighted by Gasteiger charge is 2.24. The van der Waals surface area contributed by atoms with Crippen LogP contribution < -0.4 is 10.2 Å². The van der Waals surface area contributed by atoms with Gasteiger partial charge in [0.25, 0.3) is 5.91 Å². The van der Waals surface area contributed by atoms with Crippen molar-refractivity contribution in [1.29, 1.82) is 0 Å². The molecule has 5 nitrogen and oxygen atoms in total. The lowest BCUT2D eigenvalue weighted by Gasteiger charge is -2.31. The molecule has 0 spiro atoms. The van der Waals surface area contributed by atoms with Gasteiger partial charge in [-0.25, -0.2) is 0 Å². The number of hydrogen-bond donors (Lipinski definition) is 2. The number of carbonyl (C=O) groups excluding carboxylic acids is 2. The summed E-state index contributed by atoms with van der Waals surface area (Å²) < 4.78 is 0. The van der Waals surface area contributed by atoms with E-state index in [1.165, 1.54) is 9.80 Å². The molecule has 30 heavy (non-hydrogen) atoms. The third kappa shape index (κ3) is 6.21. The molecule has 1 heterocycles. The largest absolute Gasteiger partial charge is 0.328 e. The number of benzene rings is 2. The smallest absolute Gasteiger partial charge is 0.279 e. The minimum absolute atomic E-state index is 0.0271. The average molecular weight is 425 g/mol. The molecular formula is C24H30N3O2S+. The van der Waals surface area contributed by atoms with Crippen LogP contribution in [0.5, 0.6) is 0 Å². The summed E-state index contributed by atoms with van der Waals surface area (Å²) in [6.45, 7) is 5.42. The number of nitrogens with one attached hydrogen (secondary N) is 2. The van der Waals surface area contributed by atoms with E-state index in [2.05, 4.69) is 24.4 Å². The van der Waals surface area contributed by atoms with E-state index in [-0.39, 0.29) is 11.8 Å². The van der Waals surface area contributed by atoms with Crippen molar-refractivity contribution >= 4 is 35.3 Å². The monoisotopic (exact) mass is 424 g/mol. The van der Waals surface area contributed by atoms with Crippen LogP contribution in [0.4, 0.5) is 5.69 Å². The van der Waals surface area contributed by atoms with Gasteiger partial charge in [0.1, 0.15) is 0 Å². The van der Waals surface area contributed by atoms with Crippen molar-refractivity contribution in [3.05, 3.63) is 65.7 Å². The molecule has 0 unspecified atom stereocenters. The molecule has 1 aliphatic heterocycles. The second-order valence-electron chi connectivity index (χ2n) is 7.42. The van der Waals surface area contributed by atoms with Crippen LogP contribution in [0.1, 0.15) is 18.1 Å². The second-order valence-corrected chi connectivity index (χ2v) is 8.30. The van der Waals surface area contributed by atoms with Crippen molar-refractivity contribution in [2.75, 3.05) is 44.3 Å². The number of para-hydroxylation sites is 1. The fourth-order valence-electron chi connectivity index (χ4n) is 3.58. The standard InChI is InChI=1S/C24H29N3O2S/c1-3-20-6-4-5-7-22(20)25-23(28)18-26-14-16-27(17-15-26)24(29)13-10-19-8-11-21(30-2)12-9-19/h4-13H,3,14-18H2,1-2H3,(H,25,28)/p+1/b13-10+. The zero-order valence-corrected chi connectivity index (χ0v) is 18.5. The van der Waals surface area contributed by atoms with Gasteiger partial charge in [-0.2, -0.15) is 0 Å². The number of amides is 2. The molecule has 1 aliphatic rings. The van der Waals surface area contributed by atoms with Crippen LogP contribution in [-0.2, 0) is 16.0 Å². The molecule has 0 radical (unpaired) electrons. The zero-order valence-electron chi connectivity index (χ0n) is 17.7. The van der Waals surface area contributed by atoms with Gasteiger partial charge in [-0.3, -0.25) is 9.59 Å². The third-order valence-electron chi connectivity index (χ3n) is 5.40. The van der Waals surface area contributed by atoms with Gasteiger partial charge in [-0.05, 0) is 48.1 Å². The molecule has 0 aliphatic carbocycles. The Kier molecular flexibility index (Phi) is 8.11. The number of nitrogens with zero attached hydrogens (tertiary/aromatic N) is 1. The molecule has 0 saturated carbocycles. The molecule has 1 saturated heterocycles. The summed E-state index contributed by atoms with van der Waals surface area (Å²) in [5.41, 5.74) is 3.06. The molecular weight excluding hydrogens is 394 g/mol. The first-order valence-electron chi connectivity index (χ1n) is 10.4. The molecule has 0 bridgehead atoms. The van der Waals surface area contributed by atoms with E-state index in [1.54, 1.807) is 17.8 Å². The van der Waals surface area contributed by atoms with Gasteiger partial charge in [0.05, 0.1) is 26.2 Å². The highest BCUT2D eigenvalue weighted by molar-refractivity contribution is 7.98. The van der Waals surface area contributed by atoms with Crippen LogP contribution in [0.25, 0.3) is 6.08 Å². The molecule has 0 aromatic heterocycles. The zero-order chi connectivity index (χ0) is 21.3. The van der Waals surface area contributed by atoms with E-state index in [9.17, 15) is 9.59 Å². The van der Waals surface area contributed by atoms with E-state index in [0.29, 0.717) is 19.6 Å². The molecule has 6 heteroatoms. The summed E-state index contributed by atoms with van der Waals surface area (Å²) in [6.07, 6.45) is 6.45. The van der Waals surface area contributed by atoms with Crippen molar-refractivity contribution in [1.82, 2.24) is 4.90 Å². The second kappa shape index (κ2) is 11.0. The fraction of sp³-hybridized carbons (Fsp3) is 0.333. The summed E-state index contributed by atoms with van der Waals surface area (Å²) in [4.78, 5) is 29.2. The summed E-state index contributed by atoms with van der Waals surface area (Å²) in [6, 6.07) is 16.1. The number of carbonyl (C=O) groups is 2. The van der Waals surface area contributed by atoms with Crippen LogP contribution in [0, 0.1) is 0 Å². The Labute approximate surface area is 183 Å². The van der Waals surface area contributed by atoms with E-state index in [4.69, 9.17) is 0 Å². The molecule has 1 fully saturated rings. The van der Waals surface area contributed by atoms with Gasteiger partial charge in [-0.15, -0.1) is 11.8 Å². The lowest BCUT2D eigenvalue weighted by molar-refractivity contribution is -0.895. The summed E-state index contributed by atoms with van der Waals surface area (Å²) >= 11 is 1.70. The highest BCUT2D eigenvalue weighted by atomic mass is 32.2. The number of aryl methyl sites for hydroxylation is 1. The molecule has 2 N–H and O–H groups in total.